The third kappa shape index (κ3) is 4.98. The largest absolute Gasteiger partial charge is 0.389 e. The maximum absolute atomic E-state index is 10.3. The van der Waals surface area contributed by atoms with Crippen LogP contribution in [0.25, 0.3) is 0 Å². The molecule has 0 radical (unpaired) electrons. The number of rotatable bonds is 5. The maximum atomic E-state index is 10.3. The van der Waals surface area contributed by atoms with Gasteiger partial charge in [-0.05, 0) is 43.9 Å². The molecule has 2 fully saturated rings. The lowest BCUT2D eigenvalue weighted by Gasteiger charge is -2.37. The number of ether oxygens (including phenoxy) is 1. The lowest BCUT2D eigenvalue weighted by atomic mass is 9.85. The Hall–Kier alpha value is -0.560. The Morgan fingerprint density at radius 1 is 1.24 bits per heavy atom. The van der Waals surface area contributed by atoms with E-state index in [-0.39, 0.29) is 0 Å². The van der Waals surface area contributed by atoms with Crippen LogP contribution < -0.4 is 0 Å². The molecule has 3 atom stereocenters. The Labute approximate surface area is 130 Å². The van der Waals surface area contributed by atoms with Crippen molar-refractivity contribution < 1.29 is 9.84 Å². The molecule has 1 heterocycles. The third-order valence-corrected chi connectivity index (χ3v) is 4.89. The van der Waals surface area contributed by atoms with Gasteiger partial charge < -0.3 is 14.7 Å². The van der Waals surface area contributed by atoms with Gasteiger partial charge >= 0.3 is 0 Å². The molecule has 2 rings (SSSR count). The first-order valence-corrected chi connectivity index (χ1v) is 8.55. The van der Waals surface area contributed by atoms with E-state index in [0.29, 0.717) is 13.2 Å². The van der Waals surface area contributed by atoms with Crippen LogP contribution in [-0.2, 0) is 4.74 Å². The van der Waals surface area contributed by atoms with E-state index in [1.807, 2.05) is 0 Å². The highest BCUT2D eigenvalue weighted by Gasteiger charge is 2.32. The summed E-state index contributed by atoms with van der Waals surface area (Å²) in [7, 11) is 0. The molecule has 3 nitrogen and oxygen atoms in total. The van der Waals surface area contributed by atoms with Gasteiger partial charge in [-0.3, -0.25) is 0 Å². The smallest absolute Gasteiger partial charge is 0.128 e. The van der Waals surface area contributed by atoms with E-state index in [1.165, 1.54) is 12.8 Å². The number of β-amino-alcohol motifs (C(OH)–C–C–N with tert-alkyl or cyclic N) is 1. The van der Waals surface area contributed by atoms with Crippen LogP contribution in [-0.4, -0.2) is 48.0 Å². The molecule has 0 aromatic carbocycles. The summed E-state index contributed by atoms with van der Waals surface area (Å²) < 4.78 is 5.96. The summed E-state index contributed by atoms with van der Waals surface area (Å²) in [6.45, 7) is 7.82. The third-order valence-electron chi connectivity index (χ3n) is 4.89. The summed E-state index contributed by atoms with van der Waals surface area (Å²) in [6, 6.07) is 0. The van der Waals surface area contributed by atoms with Crippen molar-refractivity contribution >= 4 is 0 Å². The first-order chi connectivity index (χ1) is 10.0. The van der Waals surface area contributed by atoms with Gasteiger partial charge in [0, 0.05) is 19.6 Å². The highest BCUT2D eigenvalue weighted by molar-refractivity contribution is 5.09. The van der Waals surface area contributed by atoms with Gasteiger partial charge in [0.05, 0.1) is 12.7 Å². The SMILES string of the molecule is C#CC1(OC[C@@H](O)CN2C[C@H](C)C[C@H](C)C2)CCCCC1. The summed E-state index contributed by atoms with van der Waals surface area (Å²) >= 11 is 0. The minimum atomic E-state index is -0.436. The first-order valence-electron chi connectivity index (χ1n) is 8.55. The number of aliphatic hydroxyl groups is 1. The first kappa shape index (κ1) is 16.8. The predicted octanol–water partition coefficient (Wildman–Crippen LogP) is 2.68. The van der Waals surface area contributed by atoms with Gasteiger partial charge in [0.25, 0.3) is 0 Å². The normalized spacial score (nSPS) is 31.5. The Bertz CT molecular complexity index is 347. The Kier molecular flexibility index (Phi) is 6.10. The van der Waals surface area contributed by atoms with E-state index >= 15 is 0 Å². The van der Waals surface area contributed by atoms with Crippen LogP contribution in [0.5, 0.6) is 0 Å². The fourth-order valence-electron chi connectivity index (χ4n) is 4.00. The van der Waals surface area contributed by atoms with Gasteiger partial charge in [-0.15, -0.1) is 6.42 Å². The Balaban J connectivity index is 1.76. The molecule has 0 amide bonds. The van der Waals surface area contributed by atoms with Gasteiger partial charge in [-0.25, -0.2) is 0 Å². The van der Waals surface area contributed by atoms with Crippen molar-refractivity contribution in [2.45, 2.75) is 64.1 Å². The van der Waals surface area contributed by atoms with Gasteiger partial charge in [-0.1, -0.05) is 26.2 Å². The average Bonchev–Trinajstić information content (AvgIpc) is 2.45. The monoisotopic (exact) mass is 293 g/mol. The summed E-state index contributed by atoms with van der Waals surface area (Å²) in [5.41, 5.74) is -0.415. The molecule has 0 aromatic heterocycles. The van der Waals surface area contributed by atoms with Crippen LogP contribution in [0.2, 0.25) is 0 Å². The van der Waals surface area contributed by atoms with Crippen LogP contribution in [0.4, 0.5) is 0 Å². The van der Waals surface area contributed by atoms with Crippen LogP contribution in [0, 0.1) is 24.2 Å². The van der Waals surface area contributed by atoms with Gasteiger partial charge in [0.15, 0.2) is 0 Å². The minimum Gasteiger partial charge on any atom is -0.389 e. The zero-order valence-corrected chi connectivity index (χ0v) is 13.7. The standard InChI is InChI=1S/C18H31NO2/c1-4-18(8-6-5-7-9-18)21-14-17(20)13-19-11-15(2)10-16(3)12-19/h1,15-17,20H,5-14H2,2-3H3/t15-,16+,17-/m0/s1. The Morgan fingerprint density at radius 2 is 1.86 bits per heavy atom. The fraction of sp³-hybridized carbons (Fsp3) is 0.889. The van der Waals surface area contributed by atoms with Gasteiger partial charge in [0.1, 0.15) is 5.60 Å². The van der Waals surface area contributed by atoms with Gasteiger partial charge in [0.2, 0.25) is 0 Å². The molecule has 1 aliphatic carbocycles. The molecule has 1 saturated carbocycles. The number of hydrogen-bond donors (Lipinski definition) is 1. The number of aliphatic hydroxyl groups excluding tert-OH is 1. The lowest BCUT2D eigenvalue weighted by molar-refractivity contribution is -0.0723. The highest BCUT2D eigenvalue weighted by Crippen LogP contribution is 2.31. The van der Waals surface area contributed by atoms with Crippen molar-refractivity contribution in [1.29, 1.82) is 0 Å². The van der Waals surface area contributed by atoms with E-state index in [1.54, 1.807) is 0 Å². The number of hydrogen-bond acceptors (Lipinski definition) is 3. The second-order valence-corrected chi connectivity index (χ2v) is 7.33. The molecule has 0 spiro atoms. The van der Waals surface area contributed by atoms with E-state index in [0.717, 1.165) is 50.6 Å². The maximum Gasteiger partial charge on any atom is 0.128 e. The van der Waals surface area contributed by atoms with Crippen LogP contribution in [0.1, 0.15) is 52.4 Å². The summed E-state index contributed by atoms with van der Waals surface area (Å²) in [6.07, 6.45) is 11.9. The summed E-state index contributed by atoms with van der Waals surface area (Å²) in [5.74, 6) is 4.28. The van der Waals surface area contributed by atoms with Crippen LogP contribution in [0.15, 0.2) is 0 Å². The molecule has 21 heavy (non-hydrogen) atoms. The predicted molar refractivity (Wildman–Crippen MR) is 86.0 cm³/mol. The molecule has 0 bridgehead atoms. The van der Waals surface area contributed by atoms with E-state index in [9.17, 15) is 5.11 Å². The Morgan fingerprint density at radius 3 is 2.43 bits per heavy atom. The van der Waals surface area contributed by atoms with Crippen LogP contribution >= 0.6 is 0 Å². The molecule has 1 N–H and O–H groups in total. The van der Waals surface area contributed by atoms with Crippen molar-refractivity contribution in [2.24, 2.45) is 11.8 Å². The zero-order chi connectivity index (χ0) is 15.3. The molecule has 3 heteroatoms. The molecule has 2 aliphatic rings. The second kappa shape index (κ2) is 7.63. The quantitative estimate of drug-likeness (QED) is 0.791. The number of terminal acetylenes is 1. The lowest BCUT2D eigenvalue weighted by Crippen LogP contribution is -2.45. The number of piperidine rings is 1. The fourth-order valence-corrected chi connectivity index (χ4v) is 4.00. The summed E-state index contributed by atoms with van der Waals surface area (Å²) in [4.78, 5) is 2.37. The van der Waals surface area contributed by atoms with Crippen LogP contribution in [0.3, 0.4) is 0 Å². The molecular formula is C18H31NO2. The van der Waals surface area contributed by atoms with Crippen molar-refractivity contribution in [3.63, 3.8) is 0 Å². The van der Waals surface area contributed by atoms with Crippen molar-refractivity contribution in [2.75, 3.05) is 26.2 Å². The highest BCUT2D eigenvalue weighted by atomic mass is 16.5. The molecule has 0 unspecified atom stereocenters. The molecule has 120 valence electrons. The molecule has 0 aromatic rings. The van der Waals surface area contributed by atoms with Crippen molar-refractivity contribution in [3.05, 3.63) is 0 Å². The van der Waals surface area contributed by atoms with Crippen molar-refractivity contribution in [1.82, 2.24) is 4.90 Å². The van der Waals surface area contributed by atoms with Crippen molar-refractivity contribution in [3.8, 4) is 12.3 Å². The second-order valence-electron chi connectivity index (χ2n) is 7.33. The minimum absolute atomic E-state index is 0.365. The number of likely N-dealkylation sites (tertiary alicyclic amines) is 1. The molecule has 1 aliphatic heterocycles. The molecular weight excluding hydrogens is 262 g/mol. The van der Waals surface area contributed by atoms with E-state index < -0.39 is 11.7 Å². The summed E-state index contributed by atoms with van der Waals surface area (Å²) in [5, 5.41) is 10.3. The van der Waals surface area contributed by atoms with E-state index in [2.05, 4.69) is 24.7 Å². The average molecular weight is 293 g/mol. The molecule has 1 saturated heterocycles. The van der Waals surface area contributed by atoms with Gasteiger partial charge in [-0.2, -0.15) is 0 Å². The topological polar surface area (TPSA) is 32.7 Å². The van der Waals surface area contributed by atoms with E-state index in [4.69, 9.17) is 11.2 Å². The number of nitrogens with zero attached hydrogens (tertiary/aromatic N) is 1. The zero-order valence-electron chi connectivity index (χ0n) is 13.7.